The summed E-state index contributed by atoms with van der Waals surface area (Å²) in [6.45, 7) is 9.04. The van der Waals surface area contributed by atoms with Crippen LogP contribution in [0.25, 0.3) is 10.2 Å². The van der Waals surface area contributed by atoms with Gasteiger partial charge in [0.05, 0.1) is 21.8 Å². The zero-order chi connectivity index (χ0) is 18.1. The van der Waals surface area contributed by atoms with Crippen LogP contribution in [-0.4, -0.2) is 53.4 Å². The van der Waals surface area contributed by atoms with E-state index in [2.05, 4.69) is 41.8 Å². The Hall–Kier alpha value is -1.46. The molecule has 4 rings (SSSR count). The molecule has 2 aliphatic heterocycles. The van der Waals surface area contributed by atoms with Gasteiger partial charge in [0.25, 0.3) is 0 Å². The van der Waals surface area contributed by atoms with Crippen LogP contribution in [0.4, 0.5) is 0 Å². The van der Waals surface area contributed by atoms with Gasteiger partial charge in [-0.1, -0.05) is 26.0 Å². The maximum atomic E-state index is 12.9. The van der Waals surface area contributed by atoms with E-state index in [9.17, 15) is 4.79 Å². The molecule has 0 aliphatic carbocycles. The van der Waals surface area contributed by atoms with Gasteiger partial charge in [-0.05, 0) is 43.2 Å². The van der Waals surface area contributed by atoms with Crippen molar-refractivity contribution in [2.45, 2.75) is 39.0 Å². The summed E-state index contributed by atoms with van der Waals surface area (Å²) in [5, 5.41) is 1.20. The predicted octanol–water partition coefficient (Wildman–Crippen LogP) is 3.98. The summed E-state index contributed by atoms with van der Waals surface area (Å²) in [7, 11) is 0. The van der Waals surface area contributed by atoms with Gasteiger partial charge in [0.2, 0.25) is 5.91 Å². The molecular formula is C21H29N3OS. The number of aromatic nitrogens is 1. The van der Waals surface area contributed by atoms with Gasteiger partial charge in [0.15, 0.2) is 0 Å². The average Bonchev–Trinajstić information content (AvgIpc) is 3.05. The summed E-state index contributed by atoms with van der Waals surface area (Å²) >= 11 is 1.79. The minimum atomic E-state index is 0.303. The van der Waals surface area contributed by atoms with Crippen LogP contribution in [0.3, 0.4) is 0 Å². The number of amides is 1. The highest BCUT2D eigenvalue weighted by atomic mass is 32.1. The van der Waals surface area contributed by atoms with Gasteiger partial charge in [0.1, 0.15) is 0 Å². The second-order valence-electron chi connectivity index (χ2n) is 8.34. The van der Waals surface area contributed by atoms with E-state index in [1.807, 2.05) is 6.07 Å². The Morgan fingerprint density at radius 3 is 2.73 bits per heavy atom. The van der Waals surface area contributed by atoms with Crippen molar-refractivity contribution >= 4 is 27.5 Å². The van der Waals surface area contributed by atoms with Gasteiger partial charge in [-0.2, -0.15) is 0 Å². The van der Waals surface area contributed by atoms with Crippen LogP contribution in [0.15, 0.2) is 24.3 Å². The molecule has 0 radical (unpaired) electrons. The van der Waals surface area contributed by atoms with E-state index < -0.39 is 0 Å². The number of benzene rings is 1. The van der Waals surface area contributed by atoms with Crippen molar-refractivity contribution in [1.82, 2.24) is 14.8 Å². The molecule has 0 unspecified atom stereocenters. The van der Waals surface area contributed by atoms with Crippen molar-refractivity contribution in [2.75, 3.05) is 32.7 Å². The Kier molecular flexibility index (Phi) is 5.28. The Morgan fingerprint density at radius 2 is 1.96 bits per heavy atom. The SMILES string of the molecule is C[C@@H]1C[C@@H](C)CN(CC(=O)N2CCC[C@H](c3nc4ccccc4s3)C2)C1. The fraction of sp³-hybridized carbons (Fsp3) is 0.619. The highest BCUT2D eigenvalue weighted by Gasteiger charge is 2.29. The van der Waals surface area contributed by atoms with E-state index in [0.29, 0.717) is 30.2 Å². The van der Waals surface area contributed by atoms with Crippen LogP contribution >= 0.6 is 11.3 Å². The van der Waals surface area contributed by atoms with Crippen molar-refractivity contribution in [2.24, 2.45) is 11.8 Å². The number of carbonyl (C=O) groups excluding carboxylic acids is 1. The Morgan fingerprint density at radius 1 is 1.19 bits per heavy atom. The molecular weight excluding hydrogens is 342 g/mol. The summed E-state index contributed by atoms with van der Waals surface area (Å²) in [4.78, 5) is 22.2. The number of piperidine rings is 2. The van der Waals surface area contributed by atoms with Gasteiger partial charge >= 0.3 is 0 Å². The molecule has 2 fully saturated rings. The molecule has 5 heteroatoms. The van der Waals surface area contributed by atoms with Crippen LogP contribution < -0.4 is 0 Å². The van der Waals surface area contributed by atoms with Gasteiger partial charge in [-0.15, -0.1) is 11.3 Å². The van der Waals surface area contributed by atoms with E-state index in [1.54, 1.807) is 11.3 Å². The molecule has 0 spiro atoms. The van der Waals surface area contributed by atoms with Crippen LogP contribution in [-0.2, 0) is 4.79 Å². The lowest BCUT2D eigenvalue weighted by Gasteiger charge is -2.37. The third-order valence-electron chi connectivity index (χ3n) is 5.74. The molecule has 1 amide bonds. The van der Waals surface area contributed by atoms with Crippen LogP contribution in [0.5, 0.6) is 0 Å². The Balaban J connectivity index is 1.40. The number of hydrogen-bond acceptors (Lipinski definition) is 4. The fourth-order valence-corrected chi connectivity index (χ4v) is 5.78. The topological polar surface area (TPSA) is 36.4 Å². The van der Waals surface area contributed by atoms with Crippen LogP contribution in [0.1, 0.15) is 44.0 Å². The first-order valence-electron chi connectivity index (χ1n) is 9.94. The van der Waals surface area contributed by atoms with Crippen molar-refractivity contribution in [1.29, 1.82) is 0 Å². The van der Waals surface area contributed by atoms with Crippen molar-refractivity contribution in [3.05, 3.63) is 29.3 Å². The molecule has 2 aliphatic rings. The van der Waals surface area contributed by atoms with Gasteiger partial charge in [-0.3, -0.25) is 9.69 Å². The summed E-state index contributed by atoms with van der Waals surface area (Å²) in [5.41, 5.74) is 1.09. The zero-order valence-corrected chi connectivity index (χ0v) is 16.7. The summed E-state index contributed by atoms with van der Waals surface area (Å²) in [5.74, 6) is 2.09. The third-order valence-corrected chi connectivity index (χ3v) is 6.94. The first-order chi connectivity index (χ1) is 12.6. The van der Waals surface area contributed by atoms with E-state index >= 15 is 0 Å². The molecule has 2 saturated heterocycles. The fourth-order valence-electron chi connectivity index (χ4n) is 4.68. The van der Waals surface area contributed by atoms with E-state index in [-0.39, 0.29) is 0 Å². The molecule has 140 valence electrons. The number of likely N-dealkylation sites (tertiary alicyclic amines) is 2. The standard InChI is InChI=1S/C21H29N3OS/c1-15-10-16(2)12-23(11-15)14-20(25)24-9-5-6-17(13-24)21-22-18-7-3-4-8-19(18)26-21/h3-4,7-8,15-17H,5-6,9-14H2,1-2H3/t15-,16-,17+/m1/s1. The molecule has 3 heterocycles. The Labute approximate surface area is 160 Å². The normalized spacial score (nSPS) is 27.8. The summed E-state index contributed by atoms with van der Waals surface area (Å²) in [6.07, 6.45) is 3.51. The lowest BCUT2D eigenvalue weighted by atomic mass is 9.92. The third kappa shape index (κ3) is 3.94. The monoisotopic (exact) mass is 371 g/mol. The van der Waals surface area contributed by atoms with Crippen molar-refractivity contribution in [3.8, 4) is 0 Å². The minimum absolute atomic E-state index is 0.303. The maximum Gasteiger partial charge on any atom is 0.236 e. The molecule has 2 aromatic rings. The number of carbonyl (C=O) groups is 1. The lowest BCUT2D eigenvalue weighted by Crippen LogP contribution is -2.48. The van der Waals surface area contributed by atoms with Crippen LogP contribution in [0, 0.1) is 11.8 Å². The van der Waals surface area contributed by atoms with E-state index in [4.69, 9.17) is 4.98 Å². The predicted molar refractivity (Wildman–Crippen MR) is 108 cm³/mol. The Bertz CT molecular complexity index is 730. The molecule has 0 bridgehead atoms. The minimum Gasteiger partial charge on any atom is -0.341 e. The number of rotatable bonds is 3. The van der Waals surface area contributed by atoms with E-state index in [1.165, 1.54) is 16.1 Å². The number of hydrogen-bond donors (Lipinski definition) is 0. The van der Waals surface area contributed by atoms with Crippen molar-refractivity contribution in [3.63, 3.8) is 0 Å². The maximum absolute atomic E-state index is 12.9. The van der Waals surface area contributed by atoms with Gasteiger partial charge in [0, 0.05) is 32.1 Å². The second kappa shape index (κ2) is 7.65. The van der Waals surface area contributed by atoms with Crippen molar-refractivity contribution < 1.29 is 4.79 Å². The number of para-hydroxylation sites is 1. The largest absolute Gasteiger partial charge is 0.341 e. The smallest absolute Gasteiger partial charge is 0.236 e. The molecule has 0 N–H and O–H groups in total. The molecule has 0 saturated carbocycles. The van der Waals surface area contributed by atoms with Gasteiger partial charge < -0.3 is 4.90 Å². The number of nitrogens with zero attached hydrogens (tertiary/aromatic N) is 3. The molecule has 4 nitrogen and oxygen atoms in total. The zero-order valence-electron chi connectivity index (χ0n) is 15.9. The number of thiazole rings is 1. The number of fused-ring (bicyclic) bond motifs is 1. The molecule has 26 heavy (non-hydrogen) atoms. The molecule has 1 aromatic carbocycles. The first-order valence-corrected chi connectivity index (χ1v) is 10.8. The highest BCUT2D eigenvalue weighted by molar-refractivity contribution is 7.18. The molecule has 3 atom stereocenters. The van der Waals surface area contributed by atoms with Crippen LogP contribution in [0.2, 0.25) is 0 Å². The quantitative estimate of drug-likeness (QED) is 0.819. The second-order valence-corrected chi connectivity index (χ2v) is 9.40. The highest BCUT2D eigenvalue weighted by Crippen LogP contribution is 2.33. The summed E-state index contributed by atoms with van der Waals surface area (Å²) in [6, 6.07) is 8.34. The first kappa shape index (κ1) is 17.9. The van der Waals surface area contributed by atoms with E-state index in [0.717, 1.165) is 44.5 Å². The average molecular weight is 372 g/mol. The lowest BCUT2D eigenvalue weighted by molar-refractivity contribution is -0.134. The van der Waals surface area contributed by atoms with Gasteiger partial charge in [-0.25, -0.2) is 4.98 Å². The molecule has 1 aromatic heterocycles. The summed E-state index contributed by atoms with van der Waals surface area (Å²) < 4.78 is 1.25.